The Morgan fingerprint density at radius 1 is 0.828 bits per heavy atom. The molecule has 3 aromatic carbocycles. The summed E-state index contributed by atoms with van der Waals surface area (Å²) in [6.45, 7) is 7.86. The topological polar surface area (TPSA) is 12.5 Å². The van der Waals surface area contributed by atoms with Crippen molar-refractivity contribution in [1.82, 2.24) is 0 Å². The number of fused-ring (bicyclic) bond motifs is 3. The molecule has 5 rings (SSSR count). The van der Waals surface area contributed by atoms with Gasteiger partial charge in [0, 0.05) is 17.6 Å². The highest BCUT2D eigenvalue weighted by Crippen LogP contribution is 2.63. The summed E-state index contributed by atoms with van der Waals surface area (Å²) in [4.78, 5) is 2.44. The zero-order valence-corrected chi connectivity index (χ0v) is 17.3. The van der Waals surface area contributed by atoms with Gasteiger partial charge in [-0.25, -0.2) is 0 Å². The Hall–Kier alpha value is -3.00. The minimum Gasteiger partial charge on any atom is -0.473 e. The fourth-order valence-corrected chi connectivity index (χ4v) is 4.95. The molecular formula is C27H27NO. The van der Waals surface area contributed by atoms with E-state index < -0.39 is 0 Å². The van der Waals surface area contributed by atoms with Crippen LogP contribution in [0, 0.1) is 5.41 Å². The van der Waals surface area contributed by atoms with Crippen molar-refractivity contribution in [3.8, 4) is 0 Å². The van der Waals surface area contributed by atoms with Crippen LogP contribution in [0.15, 0.2) is 90.7 Å². The summed E-state index contributed by atoms with van der Waals surface area (Å²) in [7, 11) is 0. The number of benzene rings is 3. The number of allylic oxidation sites excluding steroid dienone is 1. The zero-order valence-electron chi connectivity index (χ0n) is 17.3. The van der Waals surface area contributed by atoms with Gasteiger partial charge in [0.15, 0.2) is 6.23 Å². The Balaban J connectivity index is 1.62. The molecule has 0 radical (unpaired) electrons. The van der Waals surface area contributed by atoms with Crippen molar-refractivity contribution in [3.63, 3.8) is 0 Å². The molecule has 0 saturated carbocycles. The van der Waals surface area contributed by atoms with E-state index in [9.17, 15) is 0 Å². The van der Waals surface area contributed by atoms with Crippen molar-refractivity contribution in [2.45, 2.75) is 39.0 Å². The van der Waals surface area contributed by atoms with Gasteiger partial charge < -0.3 is 9.64 Å². The molecule has 0 bridgehead atoms. The monoisotopic (exact) mass is 381 g/mol. The van der Waals surface area contributed by atoms with Crippen LogP contribution in [-0.4, -0.2) is 6.23 Å². The van der Waals surface area contributed by atoms with E-state index in [1.54, 1.807) is 0 Å². The average molecular weight is 382 g/mol. The predicted molar refractivity (Wildman–Crippen MR) is 119 cm³/mol. The van der Waals surface area contributed by atoms with Gasteiger partial charge in [-0.3, -0.25) is 0 Å². The largest absolute Gasteiger partial charge is 0.473 e. The highest BCUT2D eigenvalue weighted by atomic mass is 16.5. The number of anilines is 1. The molecule has 146 valence electrons. The quantitative estimate of drug-likeness (QED) is 0.521. The highest BCUT2D eigenvalue weighted by Gasteiger charge is 2.64. The van der Waals surface area contributed by atoms with Crippen molar-refractivity contribution in [3.05, 3.63) is 107 Å². The Labute approximate surface area is 173 Å². The first-order chi connectivity index (χ1) is 14.0. The van der Waals surface area contributed by atoms with Crippen LogP contribution in [0.5, 0.6) is 0 Å². The molecule has 2 atom stereocenters. The molecule has 1 unspecified atom stereocenters. The van der Waals surface area contributed by atoms with Crippen LogP contribution in [-0.2, 0) is 16.7 Å². The second-order valence-corrected chi connectivity index (χ2v) is 8.85. The molecule has 0 aliphatic carbocycles. The molecule has 3 aromatic rings. The van der Waals surface area contributed by atoms with Gasteiger partial charge in [-0.1, -0.05) is 92.7 Å². The second kappa shape index (κ2) is 6.52. The van der Waals surface area contributed by atoms with Crippen LogP contribution >= 0.6 is 0 Å². The molecule has 29 heavy (non-hydrogen) atoms. The lowest BCUT2D eigenvalue weighted by Gasteiger charge is -2.36. The maximum atomic E-state index is 6.76. The number of hydrogen-bond acceptors (Lipinski definition) is 2. The summed E-state index contributed by atoms with van der Waals surface area (Å²) in [6.07, 6.45) is 2.19. The number of hydrogen-bond donors (Lipinski definition) is 0. The first-order valence-electron chi connectivity index (χ1n) is 10.4. The molecule has 0 spiro atoms. The first kappa shape index (κ1) is 18.1. The summed E-state index contributed by atoms with van der Waals surface area (Å²) >= 11 is 0. The molecule has 2 aliphatic heterocycles. The standard InChI is InChI=1S/C27H27NO/c1-26(2)24(18-20-12-6-4-7-13-20)29-25-27(26,3)22-16-10-11-17-23(22)28(25)19-21-14-8-5-9-15-21/h4-18,25H,19H2,1-3H3/b24-18-/t25-,27?/m0/s1. The number of ether oxygens (including phenoxy) is 1. The van der Waals surface area contributed by atoms with Crippen LogP contribution in [0.3, 0.4) is 0 Å². The van der Waals surface area contributed by atoms with Crippen LogP contribution in [0.25, 0.3) is 6.08 Å². The molecule has 2 heterocycles. The second-order valence-electron chi connectivity index (χ2n) is 8.85. The predicted octanol–water partition coefficient (Wildman–Crippen LogP) is 6.39. The molecule has 0 N–H and O–H groups in total. The number of nitrogens with zero attached hydrogens (tertiary/aromatic N) is 1. The van der Waals surface area contributed by atoms with Crippen molar-refractivity contribution in [2.24, 2.45) is 5.41 Å². The molecule has 2 nitrogen and oxygen atoms in total. The third-order valence-electron chi connectivity index (χ3n) is 7.00. The van der Waals surface area contributed by atoms with Gasteiger partial charge >= 0.3 is 0 Å². The maximum absolute atomic E-state index is 6.76. The molecular weight excluding hydrogens is 354 g/mol. The van der Waals surface area contributed by atoms with E-state index in [1.807, 2.05) is 0 Å². The third kappa shape index (κ3) is 2.62. The summed E-state index contributed by atoms with van der Waals surface area (Å²) in [6, 6.07) is 30.0. The van der Waals surface area contributed by atoms with Gasteiger partial charge in [0.2, 0.25) is 0 Å². The fourth-order valence-electron chi connectivity index (χ4n) is 4.95. The SMILES string of the molecule is CC1(C)/C(=C/c2ccccc2)O[C@@H]2N(Cc3ccccc3)c3ccccc3C21C. The Kier molecular flexibility index (Phi) is 4.06. The van der Waals surface area contributed by atoms with Gasteiger partial charge in [0.05, 0.1) is 5.41 Å². The summed E-state index contributed by atoms with van der Waals surface area (Å²) in [5.41, 5.74) is 4.89. The lowest BCUT2D eigenvalue weighted by Crippen LogP contribution is -2.45. The summed E-state index contributed by atoms with van der Waals surface area (Å²) in [5, 5.41) is 0. The Bertz CT molecular complexity index is 1050. The van der Waals surface area contributed by atoms with Crippen LogP contribution in [0.4, 0.5) is 5.69 Å². The molecule has 1 saturated heterocycles. The van der Waals surface area contributed by atoms with Gasteiger partial charge in [0.1, 0.15) is 5.76 Å². The first-order valence-corrected chi connectivity index (χ1v) is 10.4. The molecule has 1 fully saturated rings. The lowest BCUT2D eigenvalue weighted by atomic mass is 9.63. The van der Waals surface area contributed by atoms with Gasteiger partial charge in [0.25, 0.3) is 0 Å². The van der Waals surface area contributed by atoms with Crippen molar-refractivity contribution in [2.75, 3.05) is 4.90 Å². The molecule has 0 amide bonds. The van der Waals surface area contributed by atoms with Crippen molar-refractivity contribution in [1.29, 1.82) is 0 Å². The van der Waals surface area contributed by atoms with Crippen LogP contribution in [0.2, 0.25) is 0 Å². The van der Waals surface area contributed by atoms with E-state index in [2.05, 4.69) is 117 Å². The van der Waals surface area contributed by atoms with Crippen LogP contribution < -0.4 is 4.90 Å². The Morgan fingerprint density at radius 3 is 2.17 bits per heavy atom. The summed E-state index contributed by atoms with van der Waals surface area (Å²) < 4.78 is 6.76. The Morgan fingerprint density at radius 2 is 1.45 bits per heavy atom. The smallest absolute Gasteiger partial charge is 0.182 e. The van der Waals surface area contributed by atoms with E-state index in [0.717, 1.165) is 12.3 Å². The number of rotatable bonds is 3. The third-order valence-corrected chi connectivity index (χ3v) is 7.00. The van der Waals surface area contributed by atoms with Gasteiger partial charge in [-0.2, -0.15) is 0 Å². The lowest BCUT2D eigenvalue weighted by molar-refractivity contribution is 0.122. The minimum atomic E-state index is -0.130. The van der Waals surface area contributed by atoms with Gasteiger partial charge in [-0.05, 0) is 35.8 Å². The molecule has 0 aromatic heterocycles. The van der Waals surface area contributed by atoms with Crippen molar-refractivity contribution >= 4 is 11.8 Å². The number of para-hydroxylation sites is 1. The zero-order chi connectivity index (χ0) is 20.1. The average Bonchev–Trinajstić information content (AvgIpc) is 3.10. The normalized spacial score (nSPS) is 25.6. The van der Waals surface area contributed by atoms with E-state index in [-0.39, 0.29) is 17.1 Å². The van der Waals surface area contributed by atoms with E-state index in [0.29, 0.717) is 0 Å². The van der Waals surface area contributed by atoms with E-state index in [1.165, 1.54) is 22.4 Å². The van der Waals surface area contributed by atoms with Crippen LogP contribution in [0.1, 0.15) is 37.5 Å². The van der Waals surface area contributed by atoms with E-state index >= 15 is 0 Å². The van der Waals surface area contributed by atoms with Crippen molar-refractivity contribution < 1.29 is 4.74 Å². The fraction of sp³-hybridized carbons (Fsp3) is 0.259. The molecule has 2 heteroatoms. The maximum Gasteiger partial charge on any atom is 0.182 e. The molecule has 2 aliphatic rings. The van der Waals surface area contributed by atoms with E-state index in [4.69, 9.17) is 4.74 Å². The highest BCUT2D eigenvalue weighted by molar-refractivity contribution is 5.68. The van der Waals surface area contributed by atoms with Gasteiger partial charge in [-0.15, -0.1) is 0 Å². The summed E-state index contributed by atoms with van der Waals surface area (Å²) in [5.74, 6) is 1.06. The minimum absolute atomic E-state index is 0.0231.